The molecular formula is C40H38NO+. The van der Waals surface area contributed by atoms with E-state index in [4.69, 9.17) is 8.53 Å². The molecule has 0 radical (unpaired) electrons. The van der Waals surface area contributed by atoms with Crippen LogP contribution in [0.3, 0.4) is 0 Å². The standard InChI is InChI=1S/C40H38NO/c1-24-10-9-13-29-30-22-35-32(31-20-28(14-15-34(31)42-35)26-11-7-6-8-12-26)21-33(30)38-36(27-16-18-40(3,4)19-17-27)25(2)23-41(5)39(38)37(24)29/h6-15,20-23,27H,16-19H2,1-5H3/q+1/i2D3,27D. The van der Waals surface area contributed by atoms with Gasteiger partial charge in [0, 0.05) is 21.8 Å². The molecule has 8 rings (SSSR count). The maximum absolute atomic E-state index is 10.1. The summed E-state index contributed by atoms with van der Waals surface area (Å²) in [5.41, 5.74) is 7.05. The highest BCUT2D eigenvalue weighted by molar-refractivity contribution is 6.28. The van der Waals surface area contributed by atoms with Crippen LogP contribution < -0.4 is 4.57 Å². The average molecular weight is 553 g/mol. The Labute approximate surface area is 253 Å². The number of aromatic nitrogens is 1. The minimum Gasteiger partial charge on any atom is -0.456 e. The monoisotopic (exact) mass is 552 g/mol. The third kappa shape index (κ3) is 3.81. The zero-order chi connectivity index (χ0) is 32.2. The number of hydrogen-bond donors (Lipinski definition) is 0. The van der Waals surface area contributed by atoms with Crippen molar-refractivity contribution >= 4 is 54.4 Å². The van der Waals surface area contributed by atoms with E-state index in [0.29, 0.717) is 18.4 Å². The smallest absolute Gasteiger partial charge is 0.221 e. The number of nitrogens with zero attached hydrogens (tertiary/aromatic N) is 1. The highest BCUT2D eigenvalue weighted by Gasteiger charge is 2.32. The molecule has 208 valence electrons. The third-order valence-electron chi connectivity index (χ3n) is 9.78. The number of furan rings is 1. The van der Waals surface area contributed by atoms with Gasteiger partial charge in [0.05, 0.1) is 10.8 Å². The Balaban J connectivity index is 1.57. The van der Waals surface area contributed by atoms with E-state index >= 15 is 0 Å². The Hall–Kier alpha value is -4.17. The zero-order valence-electron chi connectivity index (χ0n) is 28.8. The summed E-state index contributed by atoms with van der Waals surface area (Å²) in [4.78, 5) is 0. The molecule has 0 spiro atoms. The molecule has 1 saturated carbocycles. The van der Waals surface area contributed by atoms with Crippen LogP contribution in [0.5, 0.6) is 0 Å². The Bertz CT molecular complexity index is 2360. The second-order valence-electron chi connectivity index (χ2n) is 13.1. The number of rotatable bonds is 2. The maximum Gasteiger partial charge on any atom is 0.221 e. The topological polar surface area (TPSA) is 17.0 Å². The molecule has 0 amide bonds. The fourth-order valence-corrected chi connectivity index (χ4v) is 7.43. The van der Waals surface area contributed by atoms with Crippen molar-refractivity contribution in [1.29, 1.82) is 0 Å². The summed E-state index contributed by atoms with van der Waals surface area (Å²) in [5, 5.41) is 7.08. The molecule has 0 saturated heterocycles. The van der Waals surface area contributed by atoms with Gasteiger partial charge in [0.2, 0.25) is 5.52 Å². The fraction of sp³-hybridized carbons (Fsp3) is 0.275. The van der Waals surface area contributed by atoms with E-state index in [2.05, 4.69) is 75.4 Å². The van der Waals surface area contributed by atoms with Gasteiger partial charge in [-0.25, -0.2) is 4.57 Å². The first-order chi connectivity index (χ1) is 21.8. The van der Waals surface area contributed by atoms with Gasteiger partial charge in [-0.05, 0) is 113 Å². The largest absolute Gasteiger partial charge is 0.456 e. The third-order valence-corrected chi connectivity index (χ3v) is 9.78. The molecule has 0 unspecified atom stereocenters. The predicted octanol–water partition coefficient (Wildman–Crippen LogP) is 10.8. The molecule has 1 aliphatic rings. The molecule has 7 aromatic rings. The molecule has 1 fully saturated rings. The van der Waals surface area contributed by atoms with Gasteiger partial charge in [0.25, 0.3) is 0 Å². The van der Waals surface area contributed by atoms with E-state index in [0.717, 1.165) is 83.9 Å². The Morgan fingerprint density at radius 3 is 2.33 bits per heavy atom. The summed E-state index contributed by atoms with van der Waals surface area (Å²) in [6, 6.07) is 27.4. The first-order valence-corrected chi connectivity index (χ1v) is 15.1. The van der Waals surface area contributed by atoms with Gasteiger partial charge in [-0.3, -0.25) is 0 Å². The van der Waals surface area contributed by atoms with Gasteiger partial charge in [-0.2, -0.15) is 0 Å². The van der Waals surface area contributed by atoms with Crippen molar-refractivity contribution < 1.29 is 14.5 Å². The Morgan fingerprint density at radius 1 is 0.762 bits per heavy atom. The number of aryl methyl sites for hydroxylation is 3. The van der Waals surface area contributed by atoms with Crippen molar-refractivity contribution in [2.45, 2.75) is 59.2 Å². The lowest BCUT2D eigenvalue weighted by atomic mass is 9.70. The highest BCUT2D eigenvalue weighted by Crippen LogP contribution is 2.48. The van der Waals surface area contributed by atoms with Crippen molar-refractivity contribution in [3.05, 3.63) is 102 Å². The average Bonchev–Trinajstić information content (AvgIpc) is 3.38. The number of benzene rings is 5. The van der Waals surface area contributed by atoms with Crippen LogP contribution in [-0.2, 0) is 7.05 Å². The zero-order valence-corrected chi connectivity index (χ0v) is 24.8. The SMILES string of the molecule is [2H]C([2H])([2H])c1c[n+](C)c2c3c(C)cccc3c3cc4oc5ccc(-c6ccccc6)cc5c4cc3c2c1C1([2H])CCC(C)(C)CC1. The summed E-state index contributed by atoms with van der Waals surface area (Å²) in [5.74, 6) is -1.02. The Morgan fingerprint density at radius 2 is 1.55 bits per heavy atom. The van der Waals surface area contributed by atoms with Crippen LogP contribution in [0.15, 0.2) is 89.5 Å². The van der Waals surface area contributed by atoms with E-state index in [1.165, 1.54) is 0 Å². The minimum atomic E-state index is -2.37. The van der Waals surface area contributed by atoms with E-state index in [1.807, 2.05) is 35.9 Å². The van der Waals surface area contributed by atoms with Crippen molar-refractivity contribution in [3.63, 3.8) is 0 Å². The van der Waals surface area contributed by atoms with Gasteiger partial charge in [0.1, 0.15) is 18.2 Å². The highest BCUT2D eigenvalue weighted by atomic mass is 16.3. The van der Waals surface area contributed by atoms with E-state index < -0.39 is 12.7 Å². The first-order valence-electron chi connectivity index (χ1n) is 17.1. The van der Waals surface area contributed by atoms with Crippen LogP contribution in [0.2, 0.25) is 0 Å². The number of pyridine rings is 1. The summed E-state index contributed by atoms with van der Waals surface area (Å²) >= 11 is 0. The quantitative estimate of drug-likeness (QED) is 0.154. The predicted molar refractivity (Wildman–Crippen MR) is 177 cm³/mol. The fourth-order valence-electron chi connectivity index (χ4n) is 7.43. The second kappa shape index (κ2) is 9.16. The van der Waals surface area contributed by atoms with Crippen molar-refractivity contribution in [2.24, 2.45) is 12.5 Å². The van der Waals surface area contributed by atoms with Crippen molar-refractivity contribution in [1.82, 2.24) is 0 Å². The van der Waals surface area contributed by atoms with Gasteiger partial charge < -0.3 is 4.42 Å². The van der Waals surface area contributed by atoms with Gasteiger partial charge >= 0.3 is 0 Å². The molecule has 0 N–H and O–H groups in total. The molecule has 2 nitrogen and oxygen atoms in total. The molecule has 0 aliphatic heterocycles. The lowest BCUT2D eigenvalue weighted by molar-refractivity contribution is -0.644. The second-order valence-corrected chi connectivity index (χ2v) is 13.1. The first kappa shape index (κ1) is 21.5. The summed E-state index contributed by atoms with van der Waals surface area (Å²) in [7, 11) is 1.96. The Kier molecular flexibility index (Phi) is 4.70. The van der Waals surface area contributed by atoms with Crippen molar-refractivity contribution in [3.8, 4) is 11.1 Å². The lowest BCUT2D eigenvalue weighted by Gasteiger charge is -2.35. The van der Waals surface area contributed by atoms with Crippen LogP contribution in [0.1, 0.15) is 67.6 Å². The van der Waals surface area contributed by atoms with Crippen LogP contribution in [-0.4, -0.2) is 0 Å². The molecule has 0 atom stereocenters. The van der Waals surface area contributed by atoms with Crippen LogP contribution >= 0.6 is 0 Å². The van der Waals surface area contributed by atoms with Gasteiger partial charge in [0.15, 0.2) is 6.20 Å². The molecule has 2 heteroatoms. The molecule has 5 aromatic carbocycles. The van der Waals surface area contributed by atoms with Crippen LogP contribution in [0.25, 0.3) is 65.5 Å². The number of hydrogen-bond acceptors (Lipinski definition) is 1. The lowest BCUT2D eigenvalue weighted by Crippen LogP contribution is -2.31. The molecule has 2 aromatic heterocycles. The van der Waals surface area contributed by atoms with Crippen molar-refractivity contribution in [2.75, 3.05) is 0 Å². The summed E-state index contributed by atoms with van der Waals surface area (Å²) in [6.45, 7) is 4.27. The maximum atomic E-state index is 10.1. The van der Waals surface area contributed by atoms with E-state index in [1.54, 1.807) is 6.20 Å². The molecule has 0 bridgehead atoms. The molecule has 2 heterocycles. The molecular weight excluding hydrogens is 510 g/mol. The normalized spacial score (nSPS) is 18.4. The van der Waals surface area contributed by atoms with Crippen LogP contribution in [0.4, 0.5) is 0 Å². The minimum absolute atomic E-state index is 0.129. The number of fused-ring (bicyclic) bond motifs is 9. The van der Waals surface area contributed by atoms with E-state index in [9.17, 15) is 1.37 Å². The molecule has 1 aliphatic carbocycles. The molecule has 42 heavy (non-hydrogen) atoms. The van der Waals surface area contributed by atoms with E-state index in [-0.39, 0.29) is 11.0 Å². The van der Waals surface area contributed by atoms with Gasteiger partial charge in [-0.1, -0.05) is 68.4 Å². The van der Waals surface area contributed by atoms with Gasteiger partial charge in [-0.15, -0.1) is 0 Å². The summed E-state index contributed by atoms with van der Waals surface area (Å²) < 4.78 is 44.7. The summed E-state index contributed by atoms with van der Waals surface area (Å²) in [6.07, 6.45) is 4.79. The van der Waals surface area contributed by atoms with Crippen LogP contribution in [0, 0.1) is 19.2 Å².